The molecule has 9 N–H and O–H groups in total. The van der Waals surface area contributed by atoms with Gasteiger partial charge in [-0.05, 0) is 30.5 Å². The molecule has 2 saturated heterocycles. The predicted molar refractivity (Wildman–Crippen MR) is 127 cm³/mol. The first-order valence-corrected chi connectivity index (χ1v) is 12.0. The molecular weight excluding hydrogens is 468 g/mol. The molecule has 1 spiro atoms. The lowest BCUT2D eigenvalue weighted by Crippen LogP contribution is -2.90. The van der Waals surface area contributed by atoms with Gasteiger partial charge in [0.2, 0.25) is 17.6 Å². The summed E-state index contributed by atoms with van der Waals surface area (Å²) < 4.78 is 0. The van der Waals surface area contributed by atoms with Crippen molar-refractivity contribution in [2.45, 2.75) is 62.7 Å². The highest BCUT2D eigenvalue weighted by molar-refractivity contribution is 6.02. The summed E-state index contributed by atoms with van der Waals surface area (Å²) in [4.78, 5) is 47.8. The molecule has 0 radical (unpaired) electrons. The number of hydrogen-bond acceptors (Lipinski definition) is 10. The molecule has 3 amide bonds. The number of hydrogen-bond donors (Lipinski definition) is 7. The van der Waals surface area contributed by atoms with Gasteiger partial charge in [-0.2, -0.15) is 0 Å². The molecule has 0 aromatic heterocycles. The van der Waals surface area contributed by atoms with Gasteiger partial charge in [-0.1, -0.05) is 19.1 Å². The Balaban J connectivity index is 1.47. The van der Waals surface area contributed by atoms with Crippen molar-refractivity contribution in [1.82, 2.24) is 20.4 Å². The number of nitrogens with two attached hydrogens (primary N) is 2. The number of likely N-dealkylation sites (tertiary alicyclic amines) is 1. The van der Waals surface area contributed by atoms with E-state index >= 15 is 0 Å². The topological polar surface area (TPSA) is 201 Å². The molecule has 2 unspecified atom stereocenters. The van der Waals surface area contributed by atoms with Crippen LogP contribution in [-0.4, -0.2) is 92.3 Å². The van der Waals surface area contributed by atoms with E-state index < -0.39 is 35.5 Å². The van der Waals surface area contributed by atoms with E-state index in [4.69, 9.17) is 11.5 Å². The second-order valence-corrected chi connectivity index (χ2v) is 9.70. The number of guanidine groups is 2. The third-order valence-corrected chi connectivity index (χ3v) is 7.72. The number of benzene rings is 1. The number of aryl methyl sites for hydroxylation is 1. The average Bonchev–Trinajstić information content (AvgIpc) is 3.41. The van der Waals surface area contributed by atoms with Crippen LogP contribution in [0.25, 0.3) is 0 Å². The van der Waals surface area contributed by atoms with Crippen LogP contribution in [0.3, 0.4) is 0 Å². The zero-order valence-corrected chi connectivity index (χ0v) is 20.1. The lowest BCUT2D eigenvalue weighted by molar-refractivity contribution is -0.521. The Kier molecular flexibility index (Phi) is 5.45. The third kappa shape index (κ3) is 3.26. The van der Waals surface area contributed by atoms with Gasteiger partial charge in [-0.3, -0.25) is 34.9 Å². The first-order chi connectivity index (χ1) is 17.0. The van der Waals surface area contributed by atoms with Gasteiger partial charge in [0.15, 0.2) is 12.0 Å². The summed E-state index contributed by atoms with van der Waals surface area (Å²) in [6, 6.07) is 2.50. The summed E-state index contributed by atoms with van der Waals surface area (Å²) >= 11 is 0. The van der Waals surface area contributed by atoms with Gasteiger partial charge in [0.25, 0.3) is 11.6 Å². The Morgan fingerprint density at radius 2 is 1.97 bits per heavy atom. The quantitative estimate of drug-likeness (QED) is 0.154. The fraction of sp³-hybridized carbons (Fsp3) is 0.522. The molecule has 0 bridgehead atoms. The molecule has 192 valence electrons. The zero-order chi connectivity index (χ0) is 26.0. The molecule has 4 aliphatic rings. The minimum absolute atomic E-state index is 0.0339. The van der Waals surface area contributed by atoms with Gasteiger partial charge in [-0.15, -0.1) is 0 Å². The van der Waals surface area contributed by atoms with E-state index in [1.165, 1.54) is 4.90 Å². The number of rotatable bonds is 5. The minimum Gasteiger partial charge on any atom is -0.370 e. The van der Waals surface area contributed by atoms with Crippen LogP contribution < -0.4 is 27.1 Å². The second-order valence-electron chi connectivity index (χ2n) is 9.70. The van der Waals surface area contributed by atoms with Crippen LogP contribution in [0, 0.1) is 6.92 Å². The number of nitrogens with one attached hydrogen (secondary N) is 3. The van der Waals surface area contributed by atoms with Crippen molar-refractivity contribution < 1.29 is 29.6 Å². The van der Waals surface area contributed by atoms with Gasteiger partial charge in [0.1, 0.15) is 12.1 Å². The van der Waals surface area contributed by atoms with E-state index in [1.54, 1.807) is 12.1 Å². The maximum atomic E-state index is 13.3. The van der Waals surface area contributed by atoms with Crippen molar-refractivity contribution >= 4 is 29.6 Å². The first kappa shape index (κ1) is 24.0. The van der Waals surface area contributed by atoms with Crippen molar-refractivity contribution in [3.8, 4) is 0 Å². The monoisotopic (exact) mass is 499 g/mol. The maximum absolute atomic E-state index is 13.3. The lowest BCUT2D eigenvalue weighted by atomic mass is 9.84. The fourth-order valence-corrected chi connectivity index (χ4v) is 5.95. The number of aliphatic hydroxyl groups is 2. The summed E-state index contributed by atoms with van der Waals surface area (Å²) in [6.07, 6.45) is 0.862. The van der Waals surface area contributed by atoms with Crippen molar-refractivity contribution in [2.24, 2.45) is 16.5 Å². The van der Waals surface area contributed by atoms with Gasteiger partial charge >= 0.3 is 5.96 Å². The molecule has 13 heteroatoms. The van der Waals surface area contributed by atoms with Crippen molar-refractivity contribution in [3.05, 3.63) is 34.9 Å². The first-order valence-electron chi connectivity index (χ1n) is 12.0. The minimum atomic E-state index is -2.57. The van der Waals surface area contributed by atoms with Crippen LogP contribution in [-0.2, 0) is 16.0 Å². The molecule has 4 aliphatic heterocycles. The largest absolute Gasteiger partial charge is 0.370 e. The molecule has 36 heavy (non-hydrogen) atoms. The van der Waals surface area contributed by atoms with Crippen LogP contribution in [0.4, 0.5) is 0 Å². The van der Waals surface area contributed by atoms with E-state index in [9.17, 15) is 24.6 Å². The van der Waals surface area contributed by atoms with Gasteiger partial charge in [-0.25, -0.2) is 10.3 Å². The van der Waals surface area contributed by atoms with E-state index in [1.807, 2.05) is 19.9 Å². The van der Waals surface area contributed by atoms with Crippen LogP contribution >= 0.6 is 0 Å². The highest BCUT2D eigenvalue weighted by Crippen LogP contribution is 2.41. The van der Waals surface area contributed by atoms with E-state index in [2.05, 4.69) is 20.6 Å². The predicted octanol–water partition coefficient (Wildman–Crippen LogP) is -4.44. The molecular formula is C23H31N8O5+. The number of aliphatic imine (C=N–C) groups is 1. The Hall–Kier alpha value is -3.71. The van der Waals surface area contributed by atoms with E-state index in [0.29, 0.717) is 12.0 Å². The standard InChI is InChI=1S/C23H30N8O5/c1-3-12-11(2)5-4-6-13(12)19(34)27-15-10-31-21(25)26-14(9-30-16(32)7-8-17(30)33)18-22(31,23(15,35)36)29-20(24)28-18/h4-6,14-15,18,35-36H,3,7-10H2,1-2H3,(H2,25,26)(H,27,34)(H3,24,28,29)/p+1/t14-,15?,18-,22?/m0/s1. The number of carbonyl (C=O) groups excluding carboxylic acids is 3. The van der Waals surface area contributed by atoms with Crippen LogP contribution in [0.2, 0.25) is 0 Å². The molecule has 0 saturated carbocycles. The second kappa shape index (κ2) is 8.17. The van der Waals surface area contributed by atoms with Crippen LogP contribution in [0.15, 0.2) is 23.2 Å². The zero-order valence-electron chi connectivity index (χ0n) is 20.1. The molecule has 2 fully saturated rings. The normalized spacial score (nSPS) is 30.5. The summed E-state index contributed by atoms with van der Waals surface area (Å²) in [6.45, 7) is 3.68. The molecule has 0 aliphatic carbocycles. The van der Waals surface area contributed by atoms with E-state index in [-0.39, 0.29) is 49.7 Å². The molecule has 13 nitrogen and oxygen atoms in total. The molecule has 1 aromatic rings. The van der Waals surface area contributed by atoms with Gasteiger partial charge in [0.05, 0.1) is 13.1 Å². The highest BCUT2D eigenvalue weighted by Gasteiger charge is 2.76. The van der Waals surface area contributed by atoms with Gasteiger partial charge in [0, 0.05) is 18.4 Å². The Labute approximate surface area is 207 Å². The Morgan fingerprint density at radius 1 is 1.28 bits per heavy atom. The average molecular weight is 500 g/mol. The van der Waals surface area contributed by atoms with E-state index in [0.717, 1.165) is 16.0 Å². The molecule has 4 heterocycles. The molecule has 1 aromatic carbocycles. The molecule has 5 rings (SSSR count). The van der Waals surface area contributed by atoms with Crippen molar-refractivity contribution in [2.75, 3.05) is 13.1 Å². The summed E-state index contributed by atoms with van der Waals surface area (Å²) in [5.41, 5.74) is 12.9. The van der Waals surface area contributed by atoms with Crippen LogP contribution in [0.1, 0.15) is 41.3 Å². The van der Waals surface area contributed by atoms with Crippen LogP contribution in [0.5, 0.6) is 0 Å². The van der Waals surface area contributed by atoms with Crippen molar-refractivity contribution in [1.29, 1.82) is 0 Å². The van der Waals surface area contributed by atoms with Crippen molar-refractivity contribution in [3.63, 3.8) is 0 Å². The smallest absolute Gasteiger partial charge is 0.343 e. The fourth-order valence-electron chi connectivity index (χ4n) is 5.95. The number of imide groups is 1. The SMILES string of the molecule is CCc1c(C)cccc1C(=O)NC1CN2C(N)=N[C@@H](CN3C(=O)CCC3=O)[C@@H]3[NH+]=C(N)NC32C1(O)O. The van der Waals surface area contributed by atoms with Gasteiger partial charge < -0.3 is 21.3 Å². The summed E-state index contributed by atoms with van der Waals surface area (Å²) in [7, 11) is 0. The number of nitrogens with zero attached hydrogens (tertiary/aromatic N) is 3. The summed E-state index contributed by atoms with van der Waals surface area (Å²) in [5.74, 6) is -3.67. The molecule has 4 atom stereocenters. The lowest BCUT2D eigenvalue weighted by Gasteiger charge is -2.46. The summed E-state index contributed by atoms with van der Waals surface area (Å²) in [5, 5.41) is 28.8. The Morgan fingerprint density at radius 3 is 2.64 bits per heavy atom. The third-order valence-electron chi connectivity index (χ3n) is 7.72. The Bertz CT molecular complexity index is 1200. The number of carbonyl (C=O) groups is 3. The number of amides is 3. The maximum Gasteiger partial charge on any atom is 0.343 e. The highest BCUT2D eigenvalue weighted by atomic mass is 16.5.